The number of benzene rings is 2. The molecule has 1 aliphatic rings. The van der Waals surface area contributed by atoms with Gasteiger partial charge in [0.25, 0.3) is 5.91 Å². The van der Waals surface area contributed by atoms with Crippen LogP contribution in [0.1, 0.15) is 35.7 Å². The Morgan fingerprint density at radius 2 is 1.81 bits per heavy atom. The maximum atomic E-state index is 12.2. The Morgan fingerprint density at radius 3 is 2.50 bits per heavy atom. The minimum Gasteiger partial charge on any atom is -0.326 e. The van der Waals surface area contributed by atoms with Gasteiger partial charge in [-0.05, 0) is 55.7 Å². The van der Waals surface area contributed by atoms with Crippen LogP contribution in [0.25, 0.3) is 0 Å². The summed E-state index contributed by atoms with van der Waals surface area (Å²) < 4.78 is 0. The minimum absolute atomic E-state index is 0.0460. The third kappa shape index (κ3) is 4.62. The number of carbonyl (C=O) groups excluding carboxylic acids is 2. The van der Waals surface area contributed by atoms with E-state index in [0.29, 0.717) is 27.0 Å². The van der Waals surface area contributed by atoms with Gasteiger partial charge in [-0.15, -0.1) is 0 Å². The summed E-state index contributed by atoms with van der Waals surface area (Å²) in [5.41, 5.74) is 4.98. The van der Waals surface area contributed by atoms with Gasteiger partial charge in [0.1, 0.15) is 0 Å². The number of hydrogen-bond donors (Lipinski definition) is 2. The van der Waals surface area contributed by atoms with Crippen molar-refractivity contribution in [3.8, 4) is 0 Å². The van der Waals surface area contributed by atoms with E-state index >= 15 is 0 Å². The topological polar surface area (TPSA) is 70.6 Å². The molecule has 0 spiro atoms. The number of anilines is 1. The fourth-order valence-electron chi connectivity index (χ4n) is 2.31. The van der Waals surface area contributed by atoms with Gasteiger partial charge < -0.3 is 5.32 Å². The second-order valence-electron chi connectivity index (χ2n) is 6.11. The molecule has 0 bridgehead atoms. The average molecular weight is 390 g/mol. The molecule has 0 unspecified atom stereocenters. The number of halogens is 2. The summed E-state index contributed by atoms with van der Waals surface area (Å²) in [6, 6.07) is 12.0. The number of hydrogen-bond acceptors (Lipinski definition) is 3. The van der Waals surface area contributed by atoms with Crippen LogP contribution in [-0.2, 0) is 4.79 Å². The lowest BCUT2D eigenvalue weighted by Crippen LogP contribution is -2.19. The highest BCUT2D eigenvalue weighted by Gasteiger charge is 2.29. The van der Waals surface area contributed by atoms with E-state index in [0.717, 1.165) is 18.4 Å². The van der Waals surface area contributed by atoms with Crippen LogP contribution in [0.5, 0.6) is 0 Å². The summed E-state index contributed by atoms with van der Waals surface area (Å²) in [6.45, 7) is 1.77. The third-order valence-corrected chi connectivity index (χ3v) is 4.74. The molecule has 0 radical (unpaired) electrons. The minimum atomic E-state index is -0.388. The van der Waals surface area contributed by atoms with E-state index in [-0.39, 0.29) is 17.7 Å². The van der Waals surface area contributed by atoms with Crippen molar-refractivity contribution in [3.63, 3.8) is 0 Å². The van der Waals surface area contributed by atoms with Crippen LogP contribution >= 0.6 is 23.2 Å². The Kier molecular flexibility index (Phi) is 5.59. The molecule has 3 rings (SSSR count). The first kappa shape index (κ1) is 18.4. The van der Waals surface area contributed by atoms with Gasteiger partial charge in [-0.2, -0.15) is 5.10 Å². The second-order valence-corrected chi connectivity index (χ2v) is 6.93. The summed E-state index contributed by atoms with van der Waals surface area (Å²) in [5, 5.41) is 7.70. The highest BCUT2D eigenvalue weighted by Crippen LogP contribution is 2.30. The fourth-order valence-corrected chi connectivity index (χ4v) is 2.61. The van der Waals surface area contributed by atoms with Gasteiger partial charge in [0.05, 0.1) is 15.8 Å². The molecule has 1 saturated carbocycles. The normalized spacial score (nSPS) is 14.0. The molecular weight excluding hydrogens is 373 g/mol. The molecule has 0 aromatic heterocycles. The molecule has 1 aliphatic carbocycles. The lowest BCUT2D eigenvalue weighted by atomic mass is 10.1. The number of hydrazone groups is 1. The molecular formula is C19H17Cl2N3O2. The summed E-state index contributed by atoms with van der Waals surface area (Å²) >= 11 is 11.8. The van der Waals surface area contributed by atoms with Gasteiger partial charge in [0.15, 0.2) is 0 Å². The van der Waals surface area contributed by atoms with Crippen LogP contribution in [-0.4, -0.2) is 17.5 Å². The Morgan fingerprint density at radius 1 is 1.04 bits per heavy atom. The van der Waals surface area contributed by atoms with E-state index < -0.39 is 0 Å². The molecule has 134 valence electrons. The summed E-state index contributed by atoms with van der Waals surface area (Å²) in [7, 11) is 0. The van der Waals surface area contributed by atoms with Gasteiger partial charge in [0, 0.05) is 17.2 Å². The van der Waals surface area contributed by atoms with Gasteiger partial charge in [0.2, 0.25) is 5.91 Å². The van der Waals surface area contributed by atoms with E-state index in [9.17, 15) is 9.59 Å². The lowest BCUT2D eigenvalue weighted by molar-refractivity contribution is -0.117. The zero-order valence-electron chi connectivity index (χ0n) is 14.1. The molecule has 2 amide bonds. The number of rotatable bonds is 5. The van der Waals surface area contributed by atoms with Gasteiger partial charge in [-0.3, -0.25) is 9.59 Å². The van der Waals surface area contributed by atoms with Crippen LogP contribution in [0.3, 0.4) is 0 Å². The Labute approximate surface area is 161 Å². The van der Waals surface area contributed by atoms with Crippen molar-refractivity contribution < 1.29 is 9.59 Å². The number of amides is 2. The number of nitrogens with one attached hydrogen (secondary N) is 2. The smallest absolute Gasteiger partial charge is 0.271 e. The highest BCUT2D eigenvalue weighted by atomic mass is 35.5. The lowest BCUT2D eigenvalue weighted by Gasteiger charge is -2.07. The molecule has 2 N–H and O–H groups in total. The summed E-state index contributed by atoms with van der Waals surface area (Å²) in [5.74, 6) is -0.204. The van der Waals surface area contributed by atoms with Crippen LogP contribution in [0.4, 0.5) is 5.69 Å². The molecule has 2 aromatic rings. The van der Waals surface area contributed by atoms with Crippen LogP contribution in [0.2, 0.25) is 10.0 Å². The molecule has 0 heterocycles. The SMILES string of the molecule is C/C(=N\NC(=O)c1ccc(Cl)c(Cl)c1)c1cccc(NC(=O)C2CC2)c1. The predicted molar refractivity (Wildman–Crippen MR) is 104 cm³/mol. The number of nitrogens with zero attached hydrogens (tertiary/aromatic N) is 1. The van der Waals surface area contributed by atoms with E-state index in [2.05, 4.69) is 15.8 Å². The van der Waals surface area contributed by atoms with Crippen molar-refractivity contribution in [3.05, 3.63) is 63.6 Å². The Bertz CT molecular complexity index is 892. The molecule has 2 aromatic carbocycles. The van der Waals surface area contributed by atoms with Crippen LogP contribution < -0.4 is 10.7 Å². The molecule has 1 fully saturated rings. The third-order valence-electron chi connectivity index (χ3n) is 4.00. The maximum absolute atomic E-state index is 12.2. The summed E-state index contributed by atoms with van der Waals surface area (Å²) in [6.07, 6.45) is 1.90. The Hall–Kier alpha value is -2.37. The standard InChI is InChI=1S/C19H17Cl2N3O2/c1-11(23-24-19(26)14-7-8-16(20)17(21)10-14)13-3-2-4-15(9-13)22-18(25)12-5-6-12/h2-4,7-10,12H,5-6H2,1H3,(H,22,25)(H,24,26)/b23-11+. The van der Waals surface area contributed by atoms with E-state index in [1.807, 2.05) is 24.3 Å². The first-order valence-electron chi connectivity index (χ1n) is 8.15. The van der Waals surface area contributed by atoms with Crippen molar-refractivity contribution in [2.75, 3.05) is 5.32 Å². The monoisotopic (exact) mass is 389 g/mol. The average Bonchev–Trinajstić information content (AvgIpc) is 3.47. The van der Waals surface area contributed by atoms with E-state index in [1.165, 1.54) is 6.07 Å². The molecule has 0 aliphatic heterocycles. The molecule has 7 heteroatoms. The van der Waals surface area contributed by atoms with E-state index in [1.54, 1.807) is 19.1 Å². The van der Waals surface area contributed by atoms with Crippen LogP contribution in [0.15, 0.2) is 47.6 Å². The zero-order chi connectivity index (χ0) is 18.7. The number of carbonyl (C=O) groups is 2. The van der Waals surface area contributed by atoms with Crippen LogP contribution in [0, 0.1) is 5.92 Å². The predicted octanol–water partition coefficient (Wildman–Crippen LogP) is 4.50. The van der Waals surface area contributed by atoms with E-state index in [4.69, 9.17) is 23.2 Å². The zero-order valence-corrected chi connectivity index (χ0v) is 15.6. The molecule has 0 saturated heterocycles. The van der Waals surface area contributed by atoms with Crippen molar-refractivity contribution in [1.29, 1.82) is 0 Å². The largest absolute Gasteiger partial charge is 0.326 e. The maximum Gasteiger partial charge on any atom is 0.271 e. The van der Waals surface area contributed by atoms with Crippen molar-refractivity contribution >= 4 is 46.4 Å². The first-order valence-corrected chi connectivity index (χ1v) is 8.90. The Balaban J connectivity index is 1.67. The first-order chi connectivity index (χ1) is 12.4. The quantitative estimate of drug-likeness (QED) is 0.583. The van der Waals surface area contributed by atoms with Crippen molar-refractivity contribution in [1.82, 2.24) is 5.43 Å². The molecule has 0 atom stereocenters. The molecule has 5 nitrogen and oxygen atoms in total. The molecule has 26 heavy (non-hydrogen) atoms. The van der Waals surface area contributed by atoms with Gasteiger partial charge in [-0.1, -0.05) is 35.3 Å². The fraction of sp³-hybridized carbons (Fsp3) is 0.211. The second kappa shape index (κ2) is 7.89. The summed E-state index contributed by atoms with van der Waals surface area (Å²) in [4.78, 5) is 24.0. The van der Waals surface area contributed by atoms with Gasteiger partial charge >= 0.3 is 0 Å². The van der Waals surface area contributed by atoms with Crippen molar-refractivity contribution in [2.24, 2.45) is 11.0 Å². The highest BCUT2D eigenvalue weighted by molar-refractivity contribution is 6.42. The van der Waals surface area contributed by atoms with Gasteiger partial charge in [-0.25, -0.2) is 5.43 Å². The van der Waals surface area contributed by atoms with Crippen molar-refractivity contribution in [2.45, 2.75) is 19.8 Å².